The normalized spacial score (nSPS) is 16.1. The van der Waals surface area contributed by atoms with Crippen molar-refractivity contribution in [3.05, 3.63) is 60.2 Å². The summed E-state index contributed by atoms with van der Waals surface area (Å²) in [7, 11) is 0. The van der Waals surface area contributed by atoms with E-state index in [-0.39, 0.29) is 17.7 Å². The molecule has 3 heterocycles. The Kier molecular flexibility index (Phi) is 6.24. The molecular weight excluding hydrogens is 418 g/mol. The third-order valence-corrected chi connectivity index (χ3v) is 6.60. The Balaban J connectivity index is 1.56. The van der Waals surface area contributed by atoms with Crippen molar-refractivity contribution in [2.45, 2.75) is 26.3 Å². The lowest BCUT2D eigenvalue weighted by atomic mass is 10.1. The van der Waals surface area contributed by atoms with Crippen LogP contribution in [0.25, 0.3) is 11.0 Å². The van der Waals surface area contributed by atoms with Gasteiger partial charge in [0.15, 0.2) is 5.76 Å². The van der Waals surface area contributed by atoms with Gasteiger partial charge in [0.25, 0.3) is 5.91 Å². The van der Waals surface area contributed by atoms with E-state index in [2.05, 4.69) is 23.8 Å². The Morgan fingerprint density at radius 1 is 1.27 bits per heavy atom. The largest absolute Gasteiger partial charge is 0.467 e. The van der Waals surface area contributed by atoms with Crippen LogP contribution in [0.5, 0.6) is 0 Å². The number of hydrogen-bond donors (Lipinski definition) is 0. The quantitative estimate of drug-likeness (QED) is 0.498. The molecule has 8 heteroatoms. The molecule has 156 valence electrons. The molecule has 6 nitrogen and oxygen atoms in total. The molecule has 0 spiro atoms. The zero-order valence-electron chi connectivity index (χ0n) is 16.9. The second-order valence-corrected chi connectivity index (χ2v) is 8.50. The van der Waals surface area contributed by atoms with Crippen molar-refractivity contribution in [2.24, 2.45) is 5.10 Å². The average Bonchev–Trinajstić information content (AvgIpc) is 3.51. The summed E-state index contributed by atoms with van der Waals surface area (Å²) in [6, 6.07) is 13.2. The van der Waals surface area contributed by atoms with Gasteiger partial charge in [0, 0.05) is 24.9 Å². The molecule has 4 rings (SSSR count). The van der Waals surface area contributed by atoms with Gasteiger partial charge in [-0.1, -0.05) is 42.2 Å². The van der Waals surface area contributed by atoms with Crippen LogP contribution in [0.15, 0.2) is 62.7 Å². The highest BCUT2D eigenvalue weighted by atomic mass is 32.2. The number of nitrogens with zero attached hydrogens (tertiary/aromatic N) is 3. The Bertz CT molecular complexity index is 1040. The summed E-state index contributed by atoms with van der Waals surface area (Å²) in [4.78, 5) is 15.1. The van der Waals surface area contributed by atoms with Crippen LogP contribution in [0.4, 0.5) is 0 Å². The van der Waals surface area contributed by atoms with Gasteiger partial charge in [0.2, 0.25) is 0 Å². The molecule has 0 N–H and O–H groups in total. The highest BCUT2D eigenvalue weighted by Crippen LogP contribution is 2.34. The number of hydrogen-bond acceptors (Lipinski definition) is 6. The van der Waals surface area contributed by atoms with Crippen LogP contribution in [-0.4, -0.2) is 44.7 Å². The first-order valence-electron chi connectivity index (χ1n) is 9.94. The number of para-hydroxylation sites is 1. The van der Waals surface area contributed by atoms with Gasteiger partial charge in [-0.15, -0.1) is 0 Å². The van der Waals surface area contributed by atoms with E-state index in [0.717, 1.165) is 34.1 Å². The average molecular weight is 442 g/mol. The number of carbonyl (C=O) groups is 1. The predicted octanol–water partition coefficient (Wildman–Crippen LogP) is 5.06. The van der Waals surface area contributed by atoms with Crippen LogP contribution in [0.2, 0.25) is 0 Å². The van der Waals surface area contributed by atoms with Gasteiger partial charge < -0.3 is 13.7 Å². The molecule has 0 saturated heterocycles. The van der Waals surface area contributed by atoms with Crippen LogP contribution >= 0.6 is 24.0 Å². The Morgan fingerprint density at radius 3 is 2.77 bits per heavy atom. The van der Waals surface area contributed by atoms with E-state index < -0.39 is 0 Å². The topological polar surface area (TPSA) is 62.2 Å². The standard InChI is InChI=1S/C22H23N3O3S2/c1-3-24(4-2)22(29)30-14-21(26)25-17(19-10-7-11-27-19)13-16(23-25)20-12-15-8-5-6-9-18(15)28-20/h5-12,17H,3-4,13-14H2,1-2H3. The molecule has 0 aliphatic carbocycles. The molecule has 1 aliphatic rings. The minimum atomic E-state index is -0.293. The zero-order chi connectivity index (χ0) is 21.1. The van der Waals surface area contributed by atoms with E-state index in [1.54, 1.807) is 6.26 Å². The lowest BCUT2D eigenvalue weighted by molar-refractivity contribution is -0.130. The number of carbonyl (C=O) groups excluding carboxylic acids is 1. The number of hydrazone groups is 1. The predicted molar refractivity (Wildman–Crippen MR) is 124 cm³/mol. The lowest BCUT2D eigenvalue weighted by Gasteiger charge is -2.22. The number of thiocarbonyl (C=S) groups is 1. The van der Waals surface area contributed by atoms with Crippen LogP contribution in [-0.2, 0) is 4.79 Å². The fourth-order valence-electron chi connectivity index (χ4n) is 3.48. The Morgan fingerprint density at radius 2 is 2.07 bits per heavy atom. The van der Waals surface area contributed by atoms with Crippen LogP contribution < -0.4 is 0 Å². The van der Waals surface area contributed by atoms with Gasteiger partial charge in [-0.2, -0.15) is 5.10 Å². The third-order valence-electron chi connectivity index (χ3n) is 5.09. The smallest absolute Gasteiger partial charge is 0.253 e. The maximum atomic E-state index is 13.1. The van der Waals surface area contributed by atoms with Crippen molar-refractivity contribution in [3.63, 3.8) is 0 Å². The van der Waals surface area contributed by atoms with Gasteiger partial charge in [0.05, 0.1) is 12.0 Å². The van der Waals surface area contributed by atoms with E-state index in [9.17, 15) is 4.79 Å². The highest BCUT2D eigenvalue weighted by Gasteiger charge is 2.36. The van der Waals surface area contributed by atoms with Crippen LogP contribution in [0.3, 0.4) is 0 Å². The van der Waals surface area contributed by atoms with Crippen LogP contribution in [0, 0.1) is 0 Å². The lowest BCUT2D eigenvalue weighted by Crippen LogP contribution is -2.31. The maximum Gasteiger partial charge on any atom is 0.253 e. The molecule has 0 bridgehead atoms. The Labute approximate surface area is 184 Å². The minimum Gasteiger partial charge on any atom is -0.467 e. The van der Waals surface area contributed by atoms with E-state index in [4.69, 9.17) is 21.1 Å². The molecular formula is C22H23N3O3S2. The van der Waals surface area contributed by atoms with Crippen molar-refractivity contribution < 1.29 is 13.6 Å². The molecule has 1 aliphatic heterocycles. The molecule has 1 unspecified atom stereocenters. The van der Waals surface area contributed by atoms with Crippen LogP contribution in [0.1, 0.15) is 37.8 Å². The minimum absolute atomic E-state index is 0.109. The van der Waals surface area contributed by atoms with E-state index >= 15 is 0 Å². The Hall–Kier alpha value is -2.58. The van der Waals surface area contributed by atoms with Gasteiger partial charge in [0.1, 0.15) is 27.4 Å². The first kappa shape index (κ1) is 20.7. The summed E-state index contributed by atoms with van der Waals surface area (Å²) >= 11 is 6.83. The van der Waals surface area contributed by atoms with Gasteiger partial charge >= 0.3 is 0 Å². The summed E-state index contributed by atoms with van der Waals surface area (Å²) in [5.41, 5.74) is 1.53. The first-order valence-corrected chi connectivity index (χ1v) is 11.3. The van der Waals surface area contributed by atoms with Crippen molar-refractivity contribution in [2.75, 3.05) is 18.8 Å². The molecule has 30 heavy (non-hydrogen) atoms. The molecule has 0 radical (unpaired) electrons. The molecule has 1 amide bonds. The van der Waals surface area contributed by atoms with Gasteiger partial charge in [-0.05, 0) is 38.1 Å². The summed E-state index contributed by atoms with van der Waals surface area (Å²) in [5, 5.41) is 7.15. The number of furan rings is 2. The fraction of sp³-hybridized carbons (Fsp3) is 0.318. The monoisotopic (exact) mass is 441 g/mol. The summed E-state index contributed by atoms with van der Waals surface area (Å²) in [6.45, 7) is 5.75. The zero-order valence-corrected chi connectivity index (χ0v) is 18.5. The number of rotatable bonds is 6. The molecule has 2 aromatic heterocycles. The van der Waals surface area contributed by atoms with Crippen molar-refractivity contribution in [3.8, 4) is 0 Å². The summed E-state index contributed by atoms with van der Waals surface area (Å²) in [6.07, 6.45) is 2.14. The molecule has 0 saturated carbocycles. The second kappa shape index (κ2) is 9.06. The van der Waals surface area contributed by atoms with E-state index in [0.29, 0.717) is 17.9 Å². The number of benzene rings is 1. The van der Waals surface area contributed by atoms with Crippen molar-refractivity contribution >= 4 is 50.9 Å². The fourth-order valence-corrected chi connectivity index (χ4v) is 4.73. The number of amides is 1. The first-order chi connectivity index (χ1) is 14.6. The second-order valence-electron chi connectivity index (χ2n) is 6.90. The van der Waals surface area contributed by atoms with E-state index in [1.165, 1.54) is 16.8 Å². The summed E-state index contributed by atoms with van der Waals surface area (Å²) < 4.78 is 12.3. The molecule has 0 fully saturated rings. The molecule has 1 atom stereocenters. The third kappa shape index (κ3) is 4.15. The number of thioether (sulfide) groups is 1. The van der Waals surface area contributed by atoms with Crippen molar-refractivity contribution in [1.82, 2.24) is 9.91 Å². The summed E-state index contributed by atoms with van der Waals surface area (Å²) in [5.74, 6) is 1.50. The van der Waals surface area contributed by atoms with Gasteiger partial charge in [-0.3, -0.25) is 4.79 Å². The van der Waals surface area contributed by atoms with E-state index in [1.807, 2.05) is 42.5 Å². The molecule has 1 aromatic carbocycles. The SMILES string of the molecule is CCN(CC)C(=S)SCC(=O)N1N=C(c2cc3ccccc3o2)CC1c1ccco1. The maximum absolute atomic E-state index is 13.1. The highest BCUT2D eigenvalue weighted by molar-refractivity contribution is 8.23. The number of fused-ring (bicyclic) bond motifs is 1. The van der Waals surface area contributed by atoms with Crippen molar-refractivity contribution in [1.29, 1.82) is 0 Å². The molecule has 3 aromatic rings. The van der Waals surface area contributed by atoms with Gasteiger partial charge in [-0.25, -0.2) is 5.01 Å².